The van der Waals surface area contributed by atoms with Gasteiger partial charge in [0.15, 0.2) is 0 Å². The summed E-state index contributed by atoms with van der Waals surface area (Å²) in [5, 5.41) is 33.8. The van der Waals surface area contributed by atoms with Crippen molar-refractivity contribution in [2.24, 2.45) is 0 Å². The summed E-state index contributed by atoms with van der Waals surface area (Å²) in [6.07, 6.45) is 0. The Morgan fingerprint density at radius 1 is 0.394 bits per heavy atom. The van der Waals surface area contributed by atoms with Crippen molar-refractivity contribution < 1.29 is 72.3 Å². The maximum absolute atomic E-state index is 9.85. The fraction of sp³-hybridized carbons (Fsp3) is 1.00. The van der Waals surface area contributed by atoms with E-state index in [0.29, 0.717) is 0 Å². The molecule has 0 aliphatic rings. The van der Waals surface area contributed by atoms with Crippen LogP contribution >= 0.6 is 0 Å². The van der Waals surface area contributed by atoms with E-state index in [1.807, 2.05) is 0 Å². The molecular formula is C12H28O16PbS4-4. The summed E-state index contributed by atoms with van der Waals surface area (Å²) in [4.78, 5) is -8.58. The van der Waals surface area contributed by atoms with Crippen molar-refractivity contribution in [1.82, 2.24) is 0 Å². The Morgan fingerprint density at radius 3 is 0.424 bits per heavy atom. The van der Waals surface area contributed by atoms with E-state index in [2.05, 4.69) is 0 Å². The SMILES string of the molecule is CC(C)(O)S(=O)(=O)[O-].CC(C)(O)S(=O)(=O)[O-].CC(C)(O)S(=O)(=O)[O-].CC(C)(O)S(=O)(=O)[O-].[Pb]. The Morgan fingerprint density at radius 2 is 0.424 bits per heavy atom. The van der Waals surface area contributed by atoms with Gasteiger partial charge in [-0.2, -0.15) is 0 Å². The van der Waals surface area contributed by atoms with Gasteiger partial charge in [-0.05, 0) is 55.4 Å². The summed E-state index contributed by atoms with van der Waals surface area (Å²) < 4.78 is 118. The normalized spacial score (nSPS) is 13.6. The molecule has 0 unspecified atom stereocenters. The van der Waals surface area contributed by atoms with E-state index in [4.69, 9.17) is 20.4 Å². The number of aliphatic hydroxyl groups is 4. The summed E-state index contributed by atoms with van der Waals surface area (Å²) in [6.45, 7) is 7.41. The molecular weight excluding hydrogens is 736 g/mol. The van der Waals surface area contributed by atoms with Crippen LogP contribution in [0, 0.1) is 0 Å². The molecule has 0 aromatic rings. The monoisotopic (exact) mass is 764 g/mol. The third-order valence-electron chi connectivity index (χ3n) is 2.45. The van der Waals surface area contributed by atoms with Gasteiger partial charge in [0.1, 0.15) is 60.2 Å². The van der Waals surface area contributed by atoms with Gasteiger partial charge in [-0.25, -0.2) is 33.7 Å². The van der Waals surface area contributed by atoms with Gasteiger partial charge in [-0.1, -0.05) is 0 Å². The average molecular weight is 764 g/mol. The summed E-state index contributed by atoms with van der Waals surface area (Å²) in [7, 11) is -18.1. The van der Waals surface area contributed by atoms with E-state index in [1.54, 1.807) is 0 Å². The third-order valence-corrected chi connectivity index (χ3v) is 7.34. The Bertz CT molecular complexity index is 815. The molecule has 0 aromatic carbocycles. The molecule has 4 N–H and O–H groups in total. The van der Waals surface area contributed by atoms with Crippen molar-refractivity contribution in [2.75, 3.05) is 0 Å². The Hall–Kier alpha value is 0.402. The predicted molar refractivity (Wildman–Crippen MR) is 110 cm³/mol. The molecule has 0 heterocycles. The first-order chi connectivity index (χ1) is 13.0. The second-order valence-electron chi connectivity index (χ2n) is 7.60. The van der Waals surface area contributed by atoms with E-state index in [1.165, 1.54) is 0 Å². The molecule has 0 amide bonds. The molecule has 21 heteroatoms. The topological polar surface area (TPSA) is 310 Å². The zero-order valence-electron chi connectivity index (χ0n) is 18.8. The molecule has 0 saturated carbocycles. The van der Waals surface area contributed by atoms with Crippen LogP contribution in [0.15, 0.2) is 0 Å². The van der Waals surface area contributed by atoms with Gasteiger partial charge in [-0.3, -0.25) is 0 Å². The zero-order chi connectivity index (χ0) is 28.0. The number of hydrogen-bond acceptors (Lipinski definition) is 16. The Balaban J connectivity index is -0.000000105. The quantitative estimate of drug-likeness (QED) is 0.161. The fourth-order valence-electron chi connectivity index (χ4n) is 0. The van der Waals surface area contributed by atoms with Crippen molar-refractivity contribution >= 4 is 67.8 Å². The van der Waals surface area contributed by atoms with E-state index in [-0.39, 0.29) is 27.3 Å². The summed E-state index contributed by atoms with van der Waals surface area (Å²) >= 11 is 0. The zero-order valence-corrected chi connectivity index (χ0v) is 26.0. The second kappa shape index (κ2) is 13.6. The number of rotatable bonds is 4. The van der Waals surface area contributed by atoms with Crippen molar-refractivity contribution in [1.29, 1.82) is 0 Å². The van der Waals surface area contributed by atoms with Gasteiger partial charge in [-0.15, -0.1) is 0 Å². The van der Waals surface area contributed by atoms with Crippen LogP contribution in [0.25, 0.3) is 0 Å². The van der Waals surface area contributed by atoms with Crippen LogP contribution in [0.2, 0.25) is 0 Å². The fourth-order valence-corrected chi connectivity index (χ4v) is 0. The van der Waals surface area contributed by atoms with Crippen LogP contribution in [0.5, 0.6) is 0 Å². The first kappa shape index (κ1) is 43.5. The van der Waals surface area contributed by atoms with E-state index in [9.17, 15) is 51.9 Å². The van der Waals surface area contributed by atoms with Gasteiger partial charge in [0.25, 0.3) is 0 Å². The van der Waals surface area contributed by atoms with E-state index >= 15 is 0 Å². The van der Waals surface area contributed by atoms with Crippen LogP contribution in [0.4, 0.5) is 0 Å². The Kier molecular flexibility index (Phi) is 18.0. The molecule has 0 bridgehead atoms. The molecule has 33 heavy (non-hydrogen) atoms. The summed E-state index contributed by atoms with van der Waals surface area (Å²) in [5.74, 6) is 0. The second-order valence-corrected chi connectivity index (χ2v) is 15.2. The van der Waals surface area contributed by atoms with E-state index < -0.39 is 60.2 Å². The average Bonchev–Trinajstić information content (AvgIpc) is 2.30. The standard InChI is InChI=1S/4C3H8O4S.Pb/c4*1-3(2,4)8(5,6)7;/h4*4H,1-2H3,(H,5,6,7);/p-4. The van der Waals surface area contributed by atoms with Gasteiger partial charge < -0.3 is 38.6 Å². The van der Waals surface area contributed by atoms with Gasteiger partial charge in [0.05, 0.1) is 0 Å². The van der Waals surface area contributed by atoms with Crippen molar-refractivity contribution in [2.45, 2.75) is 75.1 Å². The van der Waals surface area contributed by atoms with Crippen LogP contribution in [-0.2, 0) is 40.5 Å². The molecule has 4 radical (unpaired) electrons. The molecule has 0 aromatic heterocycles. The number of hydrogen-bond donors (Lipinski definition) is 4. The van der Waals surface area contributed by atoms with Gasteiger partial charge in [0.2, 0.25) is 0 Å². The molecule has 0 rings (SSSR count). The smallest absolute Gasteiger partial charge is 0.148 e. The summed E-state index contributed by atoms with van der Waals surface area (Å²) in [6, 6.07) is 0. The molecule has 0 saturated heterocycles. The minimum Gasteiger partial charge on any atom is -0.746 e. The maximum atomic E-state index is 9.85. The molecule has 0 aliphatic carbocycles. The van der Waals surface area contributed by atoms with Gasteiger partial charge in [0, 0.05) is 27.3 Å². The third kappa shape index (κ3) is 22.6. The van der Waals surface area contributed by atoms with Crippen LogP contribution in [-0.4, -0.2) is 119 Å². The summed E-state index contributed by atoms with van der Waals surface area (Å²) in [5.41, 5.74) is 0. The molecule has 0 fully saturated rings. The minimum absolute atomic E-state index is 0. The molecule has 0 aliphatic heterocycles. The van der Waals surface area contributed by atoms with Crippen LogP contribution in [0.1, 0.15) is 55.4 Å². The Labute approximate surface area is 214 Å². The van der Waals surface area contributed by atoms with Gasteiger partial charge >= 0.3 is 0 Å². The molecule has 0 spiro atoms. The maximum Gasteiger partial charge on any atom is 0.148 e. The van der Waals surface area contributed by atoms with Crippen molar-refractivity contribution in [3.05, 3.63) is 0 Å². The first-order valence-corrected chi connectivity index (χ1v) is 13.3. The largest absolute Gasteiger partial charge is 0.746 e. The molecule has 204 valence electrons. The van der Waals surface area contributed by atoms with E-state index in [0.717, 1.165) is 55.4 Å². The van der Waals surface area contributed by atoms with Crippen molar-refractivity contribution in [3.63, 3.8) is 0 Å². The van der Waals surface area contributed by atoms with Crippen LogP contribution in [0.3, 0.4) is 0 Å². The first-order valence-electron chi connectivity index (χ1n) is 7.71. The van der Waals surface area contributed by atoms with Crippen molar-refractivity contribution in [3.8, 4) is 0 Å². The minimum atomic E-state index is -4.53. The molecule has 16 nitrogen and oxygen atoms in total. The predicted octanol–water partition coefficient (Wildman–Crippen LogP) is -3.34. The van der Waals surface area contributed by atoms with Crippen LogP contribution < -0.4 is 0 Å². The molecule has 0 atom stereocenters.